The fourth-order valence-corrected chi connectivity index (χ4v) is 2.02. The molecule has 0 aromatic heterocycles. The van der Waals surface area contributed by atoms with Crippen molar-refractivity contribution in [2.45, 2.75) is 0 Å². The maximum Gasteiger partial charge on any atom is 0.343 e. The van der Waals surface area contributed by atoms with Gasteiger partial charge in [0.05, 0.1) is 23.9 Å². The SMILES string of the molecule is COc1ccc(C(=O)Oc2ccc(/C=N\NC(N)=S)cc2Cl)cc1. The number of hydrogen-bond donors (Lipinski definition) is 2. The number of benzene rings is 2. The highest BCUT2D eigenvalue weighted by molar-refractivity contribution is 7.80. The number of nitrogens with one attached hydrogen (secondary N) is 1. The Morgan fingerprint density at radius 2 is 2.00 bits per heavy atom. The van der Waals surface area contributed by atoms with E-state index in [9.17, 15) is 4.79 Å². The van der Waals surface area contributed by atoms with Gasteiger partial charge in [-0.05, 0) is 60.2 Å². The van der Waals surface area contributed by atoms with Crippen molar-refractivity contribution in [2.75, 3.05) is 7.11 Å². The lowest BCUT2D eigenvalue weighted by Crippen LogP contribution is -2.23. The van der Waals surface area contributed by atoms with E-state index in [1.807, 2.05) is 0 Å². The molecule has 0 saturated heterocycles. The average molecular weight is 364 g/mol. The van der Waals surface area contributed by atoms with Gasteiger partial charge < -0.3 is 15.2 Å². The smallest absolute Gasteiger partial charge is 0.343 e. The molecule has 0 radical (unpaired) electrons. The van der Waals surface area contributed by atoms with Crippen LogP contribution < -0.4 is 20.6 Å². The Hall–Kier alpha value is -2.64. The second kappa shape index (κ2) is 8.28. The molecule has 0 spiro atoms. The minimum atomic E-state index is -0.517. The van der Waals surface area contributed by atoms with E-state index in [0.29, 0.717) is 16.9 Å². The summed E-state index contributed by atoms with van der Waals surface area (Å²) in [5, 5.41) is 4.15. The predicted molar refractivity (Wildman–Crippen MR) is 96.9 cm³/mol. The third kappa shape index (κ3) is 4.94. The molecular formula is C16H14ClN3O3S. The number of ether oxygens (including phenoxy) is 2. The van der Waals surface area contributed by atoms with Gasteiger partial charge in [-0.2, -0.15) is 5.10 Å². The Kier molecular flexibility index (Phi) is 6.11. The first kappa shape index (κ1) is 17.7. The number of carbonyl (C=O) groups is 1. The van der Waals surface area contributed by atoms with Crippen LogP contribution in [0.4, 0.5) is 0 Å². The van der Waals surface area contributed by atoms with Crippen LogP contribution in [0.15, 0.2) is 47.6 Å². The fourth-order valence-electron chi connectivity index (χ4n) is 1.74. The zero-order valence-electron chi connectivity index (χ0n) is 12.7. The van der Waals surface area contributed by atoms with E-state index in [2.05, 4.69) is 22.7 Å². The quantitative estimate of drug-likeness (QED) is 0.279. The molecule has 2 aromatic rings. The molecule has 2 rings (SSSR count). The van der Waals surface area contributed by atoms with Gasteiger partial charge in [0.1, 0.15) is 11.5 Å². The number of rotatable bonds is 5. The highest BCUT2D eigenvalue weighted by atomic mass is 35.5. The van der Waals surface area contributed by atoms with Crippen molar-refractivity contribution in [3.63, 3.8) is 0 Å². The lowest BCUT2D eigenvalue weighted by Gasteiger charge is -2.07. The molecule has 3 N–H and O–H groups in total. The second-order valence-corrected chi connectivity index (χ2v) is 5.39. The standard InChI is InChI=1S/C16H14ClN3O3S/c1-22-12-5-3-11(4-6-12)15(21)23-14-7-2-10(8-13(14)17)9-19-20-16(18)24/h2-9H,1H3,(H3,18,20,24)/b19-9-. The maximum absolute atomic E-state index is 12.1. The van der Waals surface area contributed by atoms with E-state index in [1.54, 1.807) is 49.6 Å². The Balaban J connectivity index is 2.07. The molecule has 0 saturated carbocycles. The number of hydrogen-bond acceptors (Lipinski definition) is 5. The molecule has 24 heavy (non-hydrogen) atoms. The number of halogens is 1. The highest BCUT2D eigenvalue weighted by Gasteiger charge is 2.11. The van der Waals surface area contributed by atoms with Gasteiger partial charge in [0.25, 0.3) is 0 Å². The van der Waals surface area contributed by atoms with Crippen LogP contribution in [0.2, 0.25) is 5.02 Å². The molecule has 0 amide bonds. The van der Waals surface area contributed by atoms with E-state index in [4.69, 9.17) is 26.8 Å². The van der Waals surface area contributed by atoms with Crippen molar-refractivity contribution < 1.29 is 14.3 Å². The van der Waals surface area contributed by atoms with Crippen LogP contribution in [0.1, 0.15) is 15.9 Å². The number of nitrogens with two attached hydrogens (primary N) is 1. The Morgan fingerprint density at radius 1 is 1.29 bits per heavy atom. The molecule has 0 heterocycles. The van der Waals surface area contributed by atoms with E-state index >= 15 is 0 Å². The van der Waals surface area contributed by atoms with E-state index < -0.39 is 5.97 Å². The fraction of sp³-hybridized carbons (Fsp3) is 0.0625. The first-order chi connectivity index (χ1) is 11.5. The number of methoxy groups -OCH3 is 1. The summed E-state index contributed by atoms with van der Waals surface area (Å²) in [4.78, 5) is 12.1. The van der Waals surface area contributed by atoms with Crippen molar-refractivity contribution in [3.05, 3.63) is 58.6 Å². The zero-order chi connectivity index (χ0) is 17.5. The van der Waals surface area contributed by atoms with E-state index in [0.717, 1.165) is 0 Å². The molecule has 0 unspecified atom stereocenters. The number of thiocarbonyl (C=S) groups is 1. The third-order valence-electron chi connectivity index (χ3n) is 2.87. The van der Waals surface area contributed by atoms with Crippen molar-refractivity contribution in [2.24, 2.45) is 10.8 Å². The van der Waals surface area contributed by atoms with Crippen LogP contribution in [0.5, 0.6) is 11.5 Å². The Bertz CT molecular complexity index is 779. The van der Waals surface area contributed by atoms with Gasteiger partial charge in [0.15, 0.2) is 5.11 Å². The predicted octanol–water partition coefficient (Wildman–Crippen LogP) is 2.73. The van der Waals surface area contributed by atoms with Crippen LogP contribution in [0.3, 0.4) is 0 Å². The molecule has 124 valence electrons. The topological polar surface area (TPSA) is 85.9 Å². The minimum Gasteiger partial charge on any atom is -0.497 e. The van der Waals surface area contributed by atoms with E-state index in [1.165, 1.54) is 6.21 Å². The van der Waals surface area contributed by atoms with Gasteiger partial charge in [0, 0.05) is 0 Å². The first-order valence-electron chi connectivity index (χ1n) is 6.74. The van der Waals surface area contributed by atoms with E-state index in [-0.39, 0.29) is 15.9 Å². The summed E-state index contributed by atoms with van der Waals surface area (Å²) in [5.41, 5.74) is 8.76. The minimum absolute atomic E-state index is 0.0578. The summed E-state index contributed by atoms with van der Waals surface area (Å²) < 4.78 is 10.3. The summed E-state index contributed by atoms with van der Waals surface area (Å²) >= 11 is 10.7. The average Bonchev–Trinajstić information content (AvgIpc) is 2.57. The third-order valence-corrected chi connectivity index (χ3v) is 3.26. The molecule has 0 aliphatic carbocycles. The van der Waals surface area contributed by atoms with Crippen LogP contribution >= 0.6 is 23.8 Å². The molecule has 2 aromatic carbocycles. The van der Waals surface area contributed by atoms with Crippen LogP contribution in [-0.4, -0.2) is 24.4 Å². The normalized spacial score (nSPS) is 10.4. The lowest BCUT2D eigenvalue weighted by atomic mass is 10.2. The summed E-state index contributed by atoms with van der Waals surface area (Å²) in [6.45, 7) is 0. The molecule has 0 aliphatic rings. The molecule has 0 bridgehead atoms. The van der Waals surface area contributed by atoms with Gasteiger partial charge >= 0.3 is 5.97 Å². The number of hydrazone groups is 1. The summed E-state index contributed by atoms with van der Waals surface area (Å²) in [7, 11) is 1.55. The summed E-state index contributed by atoms with van der Waals surface area (Å²) in [6, 6.07) is 11.4. The Labute approximate surface area is 149 Å². The van der Waals surface area contributed by atoms with Gasteiger partial charge in [-0.3, -0.25) is 5.43 Å². The Morgan fingerprint density at radius 3 is 2.58 bits per heavy atom. The zero-order valence-corrected chi connectivity index (χ0v) is 14.2. The monoisotopic (exact) mass is 363 g/mol. The summed E-state index contributed by atoms with van der Waals surface area (Å²) in [6.07, 6.45) is 1.49. The van der Waals surface area contributed by atoms with Crippen molar-refractivity contribution in [3.8, 4) is 11.5 Å². The van der Waals surface area contributed by atoms with Crippen molar-refractivity contribution in [1.29, 1.82) is 0 Å². The lowest BCUT2D eigenvalue weighted by molar-refractivity contribution is 0.0735. The second-order valence-electron chi connectivity index (χ2n) is 4.54. The first-order valence-corrected chi connectivity index (χ1v) is 7.52. The summed E-state index contributed by atoms with van der Waals surface area (Å²) in [5.74, 6) is 0.381. The largest absolute Gasteiger partial charge is 0.497 e. The molecule has 0 atom stereocenters. The van der Waals surface area contributed by atoms with Gasteiger partial charge in [-0.15, -0.1) is 0 Å². The maximum atomic E-state index is 12.1. The van der Waals surface area contributed by atoms with Crippen LogP contribution in [0.25, 0.3) is 0 Å². The molecule has 0 aliphatic heterocycles. The number of carbonyl (C=O) groups excluding carboxylic acids is 1. The highest BCUT2D eigenvalue weighted by Crippen LogP contribution is 2.26. The number of nitrogens with zero attached hydrogens (tertiary/aromatic N) is 1. The molecule has 6 nitrogen and oxygen atoms in total. The van der Waals surface area contributed by atoms with Crippen LogP contribution in [-0.2, 0) is 0 Å². The van der Waals surface area contributed by atoms with Crippen LogP contribution in [0, 0.1) is 0 Å². The van der Waals surface area contributed by atoms with Crippen molar-refractivity contribution in [1.82, 2.24) is 5.43 Å². The molecule has 8 heteroatoms. The van der Waals surface area contributed by atoms with Gasteiger partial charge in [-0.1, -0.05) is 11.6 Å². The molecule has 0 fully saturated rings. The van der Waals surface area contributed by atoms with Gasteiger partial charge in [-0.25, -0.2) is 4.79 Å². The van der Waals surface area contributed by atoms with Crippen molar-refractivity contribution >= 4 is 41.1 Å². The molecular weight excluding hydrogens is 350 g/mol. The number of esters is 1. The van der Waals surface area contributed by atoms with Gasteiger partial charge in [0.2, 0.25) is 0 Å².